The number of hydrogen-bond donors (Lipinski definition) is 4. The zero-order valence-electron chi connectivity index (χ0n) is 19.7. The van der Waals surface area contributed by atoms with Crippen molar-refractivity contribution >= 4 is 39.1 Å². The molecule has 0 aliphatic rings. The van der Waals surface area contributed by atoms with E-state index in [4.69, 9.17) is 22.1 Å². The first-order valence-electron chi connectivity index (χ1n) is 10.9. The molecule has 2 amide bonds. The van der Waals surface area contributed by atoms with Crippen molar-refractivity contribution in [3.63, 3.8) is 0 Å². The number of aromatic hydroxyl groups is 1. The molecule has 3 aromatic carbocycles. The van der Waals surface area contributed by atoms with Crippen LogP contribution in [0.25, 0.3) is 0 Å². The normalized spacial score (nSPS) is 11.1. The maximum Gasteiger partial charge on any atom is 0.262 e. The maximum atomic E-state index is 13.1. The molecule has 0 aliphatic carbocycles. The highest BCUT2D eigenvalue weighted by Crippen LogP contribution is 2.32. The Morgan fingerprint density at radius 2 is 1.78 bits per heavy atom. The largest absolute Gasteiger partial charge is 0.506 e. The van der Waals surface area contributed by atoms with E-state index in [0.717, 1.165) is 29.0 Å². The second kappa shape index (κ2) is 11.3. The number of carbonyl (C=O) groups excluding carboxylic acids is 2. The van der Waals surface area contributed by atoms with Crippen molar-refractivity contribution in [2.24, 2.45) is 5.73 Å². The van der Waals surface area contributed by atoms with Crippen LogP contribution in [-0.4, -0.2) is 38.5 Å². The van der Waals surface area contributed by atoms with Crippen LogP contribution in [0.3, 0.4) is 0 Å². The fourth-order valence-electron chi connectivity index (χ4n) is 3.46. The molecule has 0 fully saturated rings. The Balaban J connectivity index is 1.68. The smallest absolute Gasteiger partial charge is 0.262 e. The third kappa shape index (κ3) is 6.46. The topological polar surface area (TPSA) is 148 Å². The lowest BCUT2D eigenvalue weighted by Crippen LogP contribution is -2.28. The molecule has 3 rings (SSSR count). The minimum absolute atomic E-state index is 0.0692. The minimum atomic E-state index is -4.27. The summed E-state index contributed by atoms with van der Waals surface area (Å²) >= 11 is 5.89. The van der Waals surface area contributed by atoms with Crippen LogP contribution in [0.5, 0.6) is 11.5 Å². The van der Waals surface area contributed by atoms with E-state index in [1.807, 2.05) is 32.0 Å². The van der Waals surface area contributed by atoms with E-state index in [1.165, 1.54) is 18.2 Å². The van der Waals surface area contributed by atoms with Crippen molar-refractivity contribution in [1.29, 1.82) is 0 Å². The van der Waals surface area contributed by atoms with E-state index in [0.29, 0.717) is 13.0 Å². The van der Waals surface area contributed by atoms with Crippen LogP contribution in [0.1, 0.15) is 38.3 Å². The highest BCUT2D eigenvalue weighted by molar-refractivity contribution is 7.92. The summed E-state index contributed by atoms with van der Waals surface area (Å²) in [4.78, 5) is 24.0. The number of aryl methyl sites for hydroxylation is 2. The Morgan fingerprint density at radius 3 is 2.47 bits per heavy atom. The fourth-order valence-corrected chi connectivity index (χ4v) is 4.92. The van der Waals surface area contributed by atoms with Gasteiger partial charge in [0.15, 0.2) is 0 Å². The Bertz CT molecular complexity index is 1410. The van der Waals surface area contributed by atoms with Crippen molar-refractivity contribution < 1.29 is 27.9 Å². The summed E-state index contributed by atoms with van der Waals surface area (Å²) in [6.07, 6.45) is 0.508. The molecule has 0 saturated heterocycles. The molecule has 0 spiro atoms. The number of primary amides is 1. The van der Waals surface area contributed by atoms with Crippen LogP contribution in [0.15, 0.2) is 59.5 Å². The summed E-state index contributed by atoms with van der Waals surface area (Å²) in [6.45, 7) is 4.59. The van der Waals surface area contributed by atoms with E-state index >= 15 is 0 Å². The molecule has 0 bridgehead atoms. The summed E-state index contributed by atoms with van der Waals surface area (Å²) in [5.41, 5.74) is 6.83. The lowest BCUT2D eigenvalue weighted by atomic mass is 10.1. The zero-order valence-corrected chi connectivity index (χ0v) is 21.2. The van der Waals surface area contributed by atoms with Crippen LogP contribution in [0, 0.1) is 13.8 Å². The predicted octanol–water partition coefficient (Wildman–Crippen LogP) is 3.76. The Hall–Kier alpha value is -3.76. The summed E-state index contributed by atoms with van der Waals surface area (Å²) in [6, 6.07) is 13.7. The third-order valence-electron chi connectivity index (χ3n) is 5.20. The van der Waals surface area contributed by atoms with E-state index in [-0.39, 0.29) is 33.3 Å². The highest BCUT2D eigenvalue weighted by atomic mass is 35.5. The molecule has 9 nitrogen and oxygen atoms in total. The van der Waals surface area contributed by atoms with Gasteiger partial charge in [0.1, 0.15) is 16.4 Å². The third-order valence-corrected chi connectivity index (χ3v) is 6.92. The van der Waals surface area contributed by atoms with Crippen LogP contribution in [0.4, 0.5) is 5.69 Å². The van der Waals surface area contributed by atoms with Gasteiger partial charge >= 0.3 is 0 Å². The Labute approximate surface area is 214 Å². The van der Waals surface area contributed by atoms with E-state index in [1.54, 1.807) is 6.07 Å². The molecule has 0 aliphatic heterocycles. The van der Waals surface area contributed by atoms with Gasteiger partial charge in [-0.15, -0.1) is 0 Å². The quantitative estimate of drug-likeness (QED) is 0.231. The number of nitrogens with one attached hydrogen (secondary N) is 2. The number of hydrogen-bond acceptors (Lipinski definition) is 6. The van der Waals surface area contributed by atoms with Crippen molar-refractivity contribution in [3.05, 3.63) is 81.9 Å². The Morgan fingerprint density at radius 1 is 1.06 bits per heavy atom. The summed E-state index contributed by atoms with van der Waals surface area (Å²) < 4.78 is 34.1. The number of anilines is 1. The standard InChI is InChI=1S/C25H26ClN3O6S/c1-15-8-9-21(16(2)12-15)35-11-5-10-28-25(32)18-6-3-4-7-22(18)36(33,34)29-17-13-19(24(27)31)23(30)20(26)14-17/h3-4,6-9,12-14,29-30H,5,10-11H2,1-2H3,(H2,27,31)(H,28,32). The van der Waals surface area contributed by atoms with E-state index < -0.39 is 27.6 Å². The molecule has 0 aromatic heterocycles. The molecule has 0 heterocycles. The van der Waals surface area contributed by atoms with Gasteiger partial charge in [0.25, 0.3) is 21.8 Å². The van der Waals surface area contributed by atoms with Crippen LogP contribution >= 0.6 is 11.6 Å². The van der Waals surface area contributed by atoms with Gasteiger partial charge in [0, 0.05) is 6.54 Å². The molecule has 11 heteroatoms. The SMILES string of the molecule is Cc1ccc(OCCCNC(=O)c2ccccc2S(=O)(=O)Nc2cc(Cl)c(O)c(C(N)=O)c2)c(C)c1. The monoisotopic (exact) mass is 531 g/mol. The molecule has 3 aromatic rings. The lowest BCUT2D eigenvalue weighted by molar-refractivity contribution is 0.0947. The molecule has 0 unspecified atom stereocenters. The second-order valence-electron chi connectivity index (χ2n) is 8.05. The first-order chi connectivity index (χ1) is 17.0. The number of nitrogens with two attached hydrogens (primary N) is 1. The zero-order chi connectivity index (χ0) is 26.5. The number of benzene rings is 3. The summed E-state index contributed by atoms with van der Waals surface area (Å²) in [7, 11) is -4.27. The van der Waals surface area contributed by atoms with E-state index in [9.17, 15) is 23.1 Å². The van der Waals surface area contributed by atoms with Crippen molar-refractivity contribution in [3.8, 4) is 11.5 Å². The number of halogens is 1. The second-order valence-corrected chi connectivity index (χ2v) is 10.1. The van der Waals surface area contributed by atoms with E-state index in [2.05, 4.69) is 10.0 Å². The Kier molecular flexibility index (Phi) is 8.44. The predicted molar refractivity (Wildman–Crippen MR) is 137 cm³/mol. The van der Waals surface area contributed by atoms with Crippen LogP contribution < -0.4 is 20.5 Å². The van der Waals surface area contributed by atoms with Crippen molar-refractivity contribution in [2.75, 3.05) is 17.9 Å². The molecule has 0 atom stereocenters. The molecular weight excluding hydrogens is 506 g/mol. The van der Waals surface area contributed by atoms with Crippen LogP contribution in [0.2, 0.25) is 5.02 Å². The lowest BCUT2D eigenvalue weighted by Gasteiger charge is -2.14. The summed E-state index contributed by atoms with van der Waals surface area (Å²) in [5, 5.41) is 12.3. The number of carbonyl (C=O) groups is 2. The van der Waals surface area contributed by atoms with Crippen LogP contribution in [-0.2, 0) is 10.0 Å². The average molecular weight is 532 g/mol. The molecule has 190 valence electrons. The maximum absolute atomic E-state index is 13.1. The minimum Gasteiger partial charge on any atom is -0.506 e. The molecule has 36 heavy (non-hydrogen) atoms. The first kappa shape index (κ1) is 26.8. The molecule has 0 saturated carbocycles. The van der Waals surface area contributed by atoms with Gasteiger partial charge in [-0.1, -0.05) is 41.4 Å². The molecule has 5 N–H and O–H groups in total. The van der Waals surface area contributed by atoms with Crippen molar-refractivity contribution in [2.45, 2.75) is 25.2 Å². The average Bonchev–Trinajstić information content (AvgIpc) is 2.81. The molecule has 0 radical (unpaired) electrons. The number of ether oxygens (including phenoxy) is 1. The highest BCUT2D eigenvalue weighted by Gasteiger charge is 2.23. The number of sulfonamides is 1. The van der Waals surface area contributed by atoms with Gasteiger partial charge in [-0.2, -0.15) is 0 Å². The fraction of sp³-hybridized carbons (Fsp3) is 0.200. The van der Waals surface area contributed by atoms with Crippen molar-refractivity contribution in [1.82, 2.24) is 5.32 Å². The van der Waals surface area contributed by atoms with Gasteiger partial charge in [-0.25, -0.2) is 8.42 Å². The summed E-state index contributed by atoms with van der Waals surface area (Å²) in [5.74, 6) is -1.36. The first-order valence-corrected chi connectivity index (χ1v) is 12.8. The van der Waals surface area contributed by atoms with Gasteiger partial charge < -0.3 is 20.9 Å². The molecular formula is C25H26ClN3O6S. The number of rotatable bonds is 10. The van der Waals surface area contributed by atoms with Gasteiger partial charge in [0.2, 0.25) is 0 Å². The van der Waals surface area contributed by atoms with Gasteiger partial charge in [-0.3, -0.25) is 14.3 Å². The van der Waals surface area contributed by atoms with Gasteiger partial charge in [0.05, 0.1) is 28.4 Å². The van der Waals surface area contributed by atoms with Gasteiger partial charge in [-0.05, 0) is 56.2 Å². The number of amides is 2. The number of phenols is 1.